The maximum Gasteiger partial charge on any atom is 0.0458 e. The van der Waals surface area contributed by atoms with Crippen molar-refractivity contribution in [3.8, 4) is 11.1 Å². The number of hydrogen-bond acceptors (Lipinski definition) is 3. The van der Waals surface area contributed by atoms with Crippen molar-refractivity contribution in [2.45, 2.75) is 64.3 Å². The largest absolute Gasteiger partial charge is 0.338 e. The molecule has 0 saturated heterocycles. The summed E-state index contributed by atoms with van der Waals surface area (Å²) in [5.41, 5.74) is 22.0. The van der Waals surface area contributed by atoms with E-state index in [1.807, 2.05) is 0 Å². The molecule has 2 N–H and O–H groups in total. The summed E-state index contributed by atoms with van der Waals surface area (Å²) in [4.78, 5) is 4.87. The van der Waals surface area contributed by atoms with Crippen molar-refractivity contribution in [2.24, 2.45) is 11.7 Å². The Kier molecular flexibility index (Phi) is 10.3. The van der Waals surface area contributed by atoms with Crippen LogP contribution in [0.15, 0.2) is 187 Å². The first kappa shape index (κ1) is 36.3. The van der Waals surface area contributed by atoms with Crippen molar-refractivity contribution in [2.75, 3.05) is 16.3 Å². The van der Waals surface area contributed by atoms with Crippen LogP contribution in [0.4, 0.5) is 17.1 Å². The van der Waals surface area contributed by atoms with E-state index < -0.39 is 0 Å². The number of para-hydroxylation sites is 1. The number of hydrogen-bond donors (Lipinski definition) is 1. The summed E-state index contributed by atoms with van der Waals surface area (Å²) in [6.45, 7) is 9.97. The average molecular weight is 720 g/mol. The van der Waals surface area contributed by atoms with Gasteiger partial charge in [-0.25, -0.2) is 0 Å². The zero-order valence-corrected chi connectivity index (χ0v) is 32.7. The van der Waals surface area contributed by atoms with Gasteiger partial charge in [-0.3, -0.25) is 0 Å². The monoisotopic (exact) mass is 719 g/mol. The van der Waals surface area contributed by atoms with Gasteiger partial charge in [0.1, 0.15) is 0 Å². The number of benzene rings is 5. The Bertz CT molecular complexity index is 2270. The first-order chi connectivity index (χ1) is 26.8. The van der Waals surface area contributed by atoms with Crippen molar-refractivity contribution >= 4 is 22.6 Å². The van der Waals surface area contributed by atoms with Crippen LogP contribution in [0.2, 0.25) is 0 Å². The van der Waals surface area contributed by atoms with Crippen molar-refractivity contribution < 1.29 is 0 Å². The fraction of sp³-hybridized carbons (Fsp3) is 0.231. The molecule has 3 nitrogen and oxygen atoms in total. The molecule has 0 amide bonds. The summed E-state index contributed by atoms with van der Waals surface area (Å²) in [7, 11) is 0. The Morgan fingerprint density at radius 3 is 2.16 bits per heavy atom. The molecule has 3 atom stereocenters. The molecule has 55 heavy (non-hydrogen) atoms. The van der Waals surface area contributed by atoms with E-state index >= 15 is 0 Å². The van der Waals surface area contributed by atoms with Gasteiger partial charge in [-0.15, -0.1) is 0 Å². The molecule has 0 saturated carbocycles. The third kappa shape index (κ3) is 7.30. The number of anilines is 3. The molecule has 3 heteroatoms. The van der Waals surface area contributed by atoms with Gasteiger partial charge in [0.05, 0.1) is 0 Å². The fourth-order valence-electron chi connectivity index (χ4n) is 8.92. The van der Waals surface area contributed by atoms with E-state index in [9.17, 15) is 0 Å². The first-order valence-electron chi connectivity index (χ1n) is 20.0. The molecule has 8 rings (SSSR count). The number of rotatable bonds is 7. The summed E-state index contributed by atoms with van der Waals surface area (Å²) >= 11 is 0. The van der Waals surface area contributed by atoms with Crippen LogP contribution < -0.4 is 15.5 Å². The predicted molar refractivity (Wildman–Crippen MR) is 234 cm³/mol. The number of allylic oxidation sites excluding steroid dienone is 7. The second-order valence-electron chi connectivity index (χ2n) is 16.0. The third-order valence-corrected chi connectivity index (χ3v) is 12.1. The van der Waals surface area contributed by atoms with Crippen molar-refractivity contribution in [3.63, 3.8) is 0 Å². The van der Waals surface area contributed by atoms with Gasteiger partial charge >= 0.3 is 0 Å². The van der Waals surface area contributed by atoms with E-state index in [0.717, 1.165) is 42.9 Å². The van der Waals surface area contributed by atoms with Gasteiger partial charge < -0.3 is 15.5 Å². The van der Waals surface area contributed by atoms with Gasteiger partial charge in [-0.05, 0) is 120 Å². The first-order valence-corrected chi connectivity index (χ1v) is 20.0. The molecule has 1 heterocycles. The average Bonchev–Trinajstić information content (AvgIpc) is 3.46. The van der Waals surface area contributed by atoms with Crippen LogP contribution in [0.3, 0.4) is 0 Å². The quantitative estimate of drug-likeness (QED) is 0.170. The molecule has 1 aliphatic heterocycles. The van der Waals surface area contributed by atoms with Crippen LogP contribution in [0.5, 0.6) is 0 Å². The lowest BCUT2D eigenvalue weighted by atomic mass is 9.82. The standard InChI is InChI=1S/C52H53N3/c1-37-36-42(18-15-35-54(50-24-14-12-21-46(37)50)43-30-26-40(27-31-43)39-16-7-5-8-17-39)41-28-32-45(33-29-41)55(44-19-9-6-10-20-44)38(2)25-34-48-47-22-11-13-23-49(47)52(3,4)51(48)53/h5-11,13-20,22-34,37,42,51H,12,21,35-36,53H2,1-4H3/b18-15-,38-25+,48-34-/t37?,42?,51-/m1/s1. The van der Waals surface area contributed by atoms with Gasteiger partial charge in [0.2, 0.25) is 0 Å². The lowest BCUT2D eigenvalue weighted by Gasteiger charge is -2.31. The van der Waals surface area contributed by atoms with Gasteiger partial charge in [-0.1, -0.05) is 142 Å². The second kappa shape index (κ2) is 15.6. The van der Waals surface area contributed by atoms with E-state index in [1.165, 1.54) is 44.8 Å². The molecule has 2 unspecified atom stereocenters. The normalized spacial score (nSPS) is 22.1. The lowest BCUT2D eigenvalue weighted by Crippen LogP contribution is -2.36. The van der Waals surface area contributed by atoms with Crippen molar-refractivity contribution in [1.82, 2.24) is 0 Å². The van der Waals surface area contributed by atoms with Crippen LogP contribution >= 0.6 is 0 Å². The molecule has 0 bridgehead atoms. The molecule has 2 aliphatic carbocycles. The number of fused-ring (bicyclic) bond motifs is 1. The Hall–Kier alpha value is -5.64. The second-order valence-corrected chi connectivity index (χ2v) is 16.0. The van der Waals surface area contributed by atoms with Gasteiger partial charge in [-0.2, -0.15) is 0 Å². The molecular weight excluding hydrogens is 667 g/mol. The zero-order valence-electron chi connectivity index (χ0n) is 32.7. The Balaban J connectivity index is 1.08. The van der Waals surface area contributed by atoms with Crippen LogP contribution in [-0.4, -0.2) is 12.6 Å². The SMILES string of the molecule is C/C(=C\C=C1\c2ccccc2C(C)(C)[C@@H]1N)N(c1ccccc1)c1ccc(C2/C=C\CN(c3ccc(-c4ccccc4)cc3)C3=C(CCC=C3)C(C)C2)cc1. The number of nitrogens with zero attached hydrogens (tertiary/aromatic N) is 2. The van der Waals surface area contributed by atoms with Crippen molar-refractivity contribution in [3.05, 3.63) is 204 Å². The van der Waals surface area contributed by atoms with E-state index in [4.69, 9.17) is 5.73 Å². The molecule has 0 aromatic heterocycles. The maximum atomic E-state index is 6.89. The van der Waals surface area contributed by atoms with Crippen LogP contribution in [0.25, 0.3) is 16.7 Å². The highest BCUT2D eigenvalue weighted by Gasteiger charge is 2.40. The molecule has 0 fully saturated rings. The smallest absolute Gasteiger partial charge is 0.0458 e. The topological polar surface area (TPSA) is 32.5 Å². The van der Waals surface area contributed by atoms with Gasteiger partial charge in [0, 0.05) is 52.4 Å². The van der Waals surface area contributed by atoms with E-state index in [-0.39, 0.29) is 11.5 Å². The summed E-state index contributed by atoms with van der Waals surface area (Å²) in [5, 5.41) is 0. The zero-order chi connectivity index (χ0) is 37.9. The fourth-order valence-corrected chi connectivity index (χ4v) is 8.92. The third-order valence-electron chi connectivity index (χ3n) is 12.1. The number of nitrogens with two attached hydrogens (primary N) is 1. The highest BCUT2D eigenvalue weighted by Crippen LogP contribution is 2.45. The molecule has 0 spiro atoms. The summed E-state index contributed by atoms with van der Waals surface area (Å²) in [6.07, 6.45) is 17.3. The van der Waals surface area contributed by atoms with Crippen LogP contribution in [0.1, 0.15) is 69.6 Å². The minimum absolute atomic E-state index is 0.0643. The Morgan fingerprint density at radius 1 is 0.764 bits per heavy atom. The van der Waals surface area contributed by atoms with Gasteiger partial charge in [0.15, 0.2) is 0 Å². The Morgan fingerprint density at radius 2 is 1.42 bits per heavy atom. The van der Waals surface area contributed by atoms with Crippen molar-refractivity contribution in [1.29, 1.82) is 0 Å². The molecule has 0 radical (unpaired) electrons. The van der Waals surface area contributed by atoms with Crippen LogP contribution in [0, 0.1) is 5.92 Å². The minimum Gasteiger partial charge on any atom is -0.338 e. The summed E-state index contributed by atoms with van der Waals surface area (Å²) in [5.74, 6) is 0.775. The Labute approximate surface area is 328 Å². The minimum atomic E-state index is -0.112. The molecule has 3 aliphatic rings. The molecular formula is C52H53N3. The highest BCUT2D eigenvalue weighted by atomic mass is 15.1. The summed E-state index contributed by atoms with van der Waals surface area (Å²) in [6, 6.07) is 48.3. The summed E-state index contributed by atoms with van der Waals surface area (Å²) < 4.78 is 0. The van der Waals surface area contributed by atoms with Crippen LogP contribution in [-0.2, 0) is 5.41 Å². The lowest BCUT2D eigenvalue weighted by molar-refractivity contribution is 0.496. The molecule has 5 aromatic carbocycles. The maximum absolute atomic E-state index is 6.89. The van der Waals surface area contributed by atoms with E-state index in [2.05, 4.69) is 207 Å². The molecule has 5 aromatic rings. The highest BCUT2D eigenvalue weighted by molar-refractivity contribution is 5.81. The van der Waals surface area contributed by atoms with Gasteiger partial charge in [0.25, 0.3) is 0 Å². The van der Waals surface area contributed by atoms with E-state index in [0.29, 0.717) is 11.8 Å². The predicted octanol–water partition coefficient (Wildman–Crippen LogP) is 12.9. The van der Waals surface area contributed by atoms with E-state index in [1.54, 1.807) is 5.57 Å². The molecule has 276 valence electrons.